The van der Waals surface area contributed by atoms with Gasteiger partial charge in [0, 0.05) is 18.8 Å². The van der Waals surface area contributed by atoms with Gasteiger partial charge in [0.1, 0.15) is 18.8 Å². The molecule has 1 heterocycles. The predicted molar refractivity (Wildman–Crippen MR) is 72.0 cm³/mol. The van der Waals surface area contributed by atoms with Gasteiger partial charge in [-0.2, -0.15) is 34.8 Å². The molecule has 0 aromatic carbocycles. The van der Waals surface area contributed by atoms with Crippen LogP contribution in [-0.4, -0.2) is 67.1 Å². The lowest BCUT2D eigenvalue weighted by molar-refractivity contribution is -0.250. The van der Waals surface area contributed by atoms with Gasteiger partial charge in [-0.15, -0.1) is 0 Å². The molecule has 3 aliphatic rings. The Morgan fingerprint density at radius 2 is 1.44 bits per heavy atom. The molecule has 3 rings (SSSR count). The predicted octanol–water partition coefficient (Wildman–Crippen LogP) is 1.62. The number of ether oxygens (including phenoxy) is 3. The molecule has 0 spiro atoms. The summed E-state index contributed by atoms with van der Waals surface area (Å²) in [4.78, 5) is 11.6. The smallest absolute Gasteiger partial charge is 0.454 e. The molecule has 1 saturated heterocycles. The van der Waals surface area contributed by atoms with E-state index >= 15 is 0 Å². The minimum absolute atomic E-state index is 0.229. The molecule has 27 heavy (non-hydrogen) atoms. The molecule has 0 aromatic rings. The SMILES string of the molecule is O=C(OC12CC3OCC(F)(F)C(F)(F)COC(C1)C3C2)C(F)(F)S(=O)(=O)O. The first-order valence-electron chi connectivity index (χ1n) is 7.67. The second-order valence-corrected chi connectivity index (χ2v) is 8.41. The summed E-state index contributed by atoms with van der Waals surface area (Å²) in [6.45, 7) is -3.30. The van der Waals surface area contributed by atoms with E-state index < -0.39 is 70.1 Å². The van der Waals surface area contributed by atoms with E-state index in [1.165, 1.54) is 0 Å². The lowest BCUT2D eigenvalue weighted by Gasteiger charge is -2.33. The van der Waals surface area contributed by atoms with Crippen LogP contribution < -0.4 is 0 Å². The van der Waals surface area contributed by atoms with Crippen LogP contribution in [0.2, 0.25) is 0 Å². The van der Waals surface area contributed by atoms with Crippen molar-refractivity contribution in [2.45, 2.75) is 54.2 Å². The minimum Gasteiger partial charge on any atom is -0.454 e. The summed E-state index contributed by atoms with van der Waals surface area (Å²) in [6, 6.07) is 0. The Morgan fingerprint density at radius 3 is 1.85 bits per heavy atom. The van der Waals surface area contributed by atoms with E-state index in [0.29, 0.717) is 0 Å². The summed E-state index contributed by atoms with van der Waals surface area (Å²) in [5.74, 6) is -12.4. The standard InChI is InChI=1S/C13H14F6O7S/c14-11(15)4-24-7-2-10(26-9(20)13(18,19)27(21,22)23)1-6(7)8(3-10)25-5-12(11,16)17/h6-8H,1-5H2,(H,21,22,23). The van der Waals surface area contributed by atoms with Crippen molar-refractivity contribution in [2.24, 2.45) is 5.92 Å². The van der Waals surface area contributed by atoms with E-state index in [1.807, 2.05) is 0 Å². The largest absolute Gasteiger partial charge is 0.465 e. The third kappa shape index (κ3) is 3.29. The van der Waals surface area contributed by atoms with Crippen LogP contribution in [0, 0.1) is 5.92 Å². The second kappa shape index (κ2) is 5.94. The van der Waals surface area contributed by atoms with Crippen LogP contribution in [0.3, 0.4) is 0 Å². The molecule has 2 aliphatic carbocycles. The van der Waals surface area contributed by atoms with Gasteiger partial charge in [-0.05, 0) is 6.42 Å². The van der Waals surface area contributed by atoms with Crippen molar-refractivity contribution < 1.29 is 58.3 Å². The van der Waals surface area contributed by atoms with E-state index in [4.69, 9.17) is 14.0 Å². The summed E-state index contributed by atoms with van der Waals surface area (Å²) in [7, 11) is -6.10. The fourth-order valence-electron chi connectivity index (χ4n) is 3.70. The Kier molecular flexibility index (Phi) is 4.53. The number of alkyl halides is 6. The van der Waals surface area contributed by atoms with Gasteiger partial charge >= 0.3 is 33.2 Å². The molecule has 2 unspecified atom stereocenters. The van der Waals surface area contributed by atoms with Crippen molar-refractivity contribution in [3.63, 3.8) is 0 Å². The molecule has 0 radical (unpaired) electrons. The van der Waals surface area contributed by atoms with Crippen LogP contribution in [0.5, 0.6) is 0 Å². The fourth-order valence-corrected chi connectivity index (χ4v) is 3.96. The van der Waals surface area contributed by atoms with Crippen LogP contribution >= 0.6 is 0 Å². The number of hydrogen-bond donors (Lipinski definition) is 1. The number of carbonyl (C=O) groups excluding carboxylic acids is 1. The summed E-state index contributed by atoms with van der Waals surface area (Å²) in [6.07, 6.45) is -3.28. The molecular formula is C13H14F6O7S. The Morgan fingerprint density at radius 1 is 1.00 bits per heavy atom. The van der Waals surface area contributed by atoms with Crippen LogP contribution in [-0.2, 0) is 29.1 Å². The highest BCUT2D eigenvalue weighted by Crippen LogP contribution is 2.54. The van der Waals surface area contributed by atoms with Crippen molar-refractivity contribution in [1.29, 1.82) is 0 Å². The maximum Gasteiger partial charge on any atom is 0.465 e. The number of esters is 1. The van der Waals surface area contributed by atoms with E-state index in [1.54, 1.807) is 0 Å². The average Bonchev–Trinajstić information content (AvgIpc) is 3.04. The Labute approximate surface area is 148 Å². The van der Waals surface area contributed by atoms with E-state index in [2.05, 4.69) is 4.74 Å². The number of hydrogen-bond acceptors (Lipinski definition) is 6. The first-order valence-corrected chi connectivity index (χ1v) is 9.11. The van der Waals surface area contributed by atoms with E-state index in [-0.39, 0.29) is 19.3 Å². The third-order valence-corrected chi connectivity index (χ3v) is 5.89. The molecular weight excluding hydrogens is 414 g/mol. The molecule has 2 bridgehead atoms. The van der Waals surface area contributed by atoms with Gasteiger partial charge in [-0.25, -0.2) is 4.79 Å². The first-order chi connectivity index (χ1) is 12.1. The van der Waals surface area contributed by atoms with Crippen LogP contribution in [0.1, 0.15) is 19.3 Å². The van der Waals surface area contributed by atoms with Crippen molar-refractivity contribution in [3.05, 3.63) is 0 Å². The Hall–Kier alpha value is -1.12. The van der Waals surface area contributed by atoms with Gasteiger partial charge in [0.25, 0.3) is 0 Å². The maximum absolute atomic E-state index is 13.6. The van der Waals surface area contributed by atoms with Gasteiger partial charge in [0.15, 0.2) is 0 Å². The number of carbonyl (C=O) groups is 1. The highest BCUT2D eigenvalue weighted by Gasteiger charge is 2.66. The lowest BCUT2D eigenvalue weighted by Crippen LogP contribution is -2.47. The molecule has 0 amide bonds. The molecule has 1 aliphatic heterocycles. The van der Waals surface area contributed by atoms with Crippen molar-refractivity contribution >= 4 is 16.1 Å². The Balaban J connectivity index is 1.81. The zero-order valence-corrected chi connectivity index (χ0v) is 14.2. The molecule has 3 fully saturated rings. The van der Waals surface area contributed by atoms with Crippen molar-refractivity contribution in [2.75, 3.05) is 13.2 Å². The monoisotopic (exact) mass is 428 g/mol. The normalized spacial score (nSPS) is 38.0. The molecule has 7 nitrogen and oxygen atoms in total. The lowest BCUT2D eigenvalue weighted by atomic mass is 9.92. The third-order valence-electron chi connectivity index (χ3n) is 5.07. The highest BCUT2D eigenvalue weighted by atomic mass is 32.2. The zero-order valence-electron chi connectivity index (χ0n) is 13.3. The highest BCUT2D eigenvalue weighted by molar-refractivity contribution is 7.87. The number of rotatable bonds is 3. The second-order valence-electron chi connectivity index (χ2n) is 6.95. The van der Waals surface area contributed by atoms with Gasteiger partial charge in [0.05, 0.1) is 12.2 Å². The van der Waals surface area contributed by atoms with Crippen molar-refractivity contribution in [1.82, 2.24) is 0 Å². The van der Waals surface area contributed by atoms with Gasteiger partial charge in [-0.3, -0.25) is 4.55 Å². The summed E-state index contributed by atoms with van der Waals surface area (Å²) in [5, 5.41) is -5.25. The van der Waals surface area contributed by atoms with Gasteiger partial charge < -0.3 is 14.2 Å². The summed E-state index contributed by atoms with van der Waals surface area (Å²) >= 11 is 0. The van der Waals surface area contributed by atoms with Crippen LogP contribution in [0.15, 0.2) is 0 Å². The van der Waals surface area contributed by atoms with Gasteiger partial charge in [-0.1, -0.05) is 0 Å². The number of halogens is 6. The van der Waals surface area contributed by atoms with Crippen LogP contribution in [0.25, 0.3) is 0 Å². The molecule has 14 heteroatoms. The maximum atomic E-state index is 13.6. The summed E-state index contributed by atoms with van der Waals surface area (Å²) in [5.41, 5.74) is -1.76. The number of fused-ring (bicyclic) bond motifs is 1. The molecule has 2 atom stereocenters. The Bertz CT molecular complexity index is 711. The summed E-state index contributed by atoms with van der Waals surface area (Å²) < 4.78 is 125. The molecule has 0 aromatic heterocycles. The van der Waals surface area contributed by atoms with E-state index in [9.17, 15) is 39.6 Å². The van der Waals surface area contributed by atoms with Gasteiger partial charge in [0.2, 0.25) is 0 Å². The molecule has 156 valence electrons. The van der Waals surface area contributed by atoms with Crippen molar-refractivity contribution in [3.8, 4) is 0 Å². The minimum atomic E-state index is -6.10. The topological polar surface area (TPSA) is 99.1 Å². The van der Waals surface area contributed by atoms with E-state index in [0.717, 1.165) is 0 Å². The average molecular weight is 428 g/mol. The zero-order chi connectivity index (χ0) is 20.5. The van der Waals surface area contributed by atoms with Crippen LogP contribution in [0.4, 0.5) is 26.3 Å². The fraction of sp³-hybridized carbons (Fsp3) is 0.923. The quantitative estimate of drug-likeness (QED) is 0.414. The molecule has 1 N–H and O–H groups in total. The first kappa shape index (κ1) is 20.6. The molecule has 2 saturated carbocycles.